The van der Waals surface area contributed by atoms with E-state index in [4.69, 9.17) is 4.42 Å². The van der Waals surface area contributed by atoms with Crippen LogP contribution in [-0.2, 0) is 0 Å². The van der Waals surface area contributed by atoms with Gasteiger partial charge in [-0.2, -0.15) is 0 Å². The maximum absolute atomic E-state index is 6.13. The predicted molar refractivity (Wildman–Crippen MR) is 109 cm³/mol. The number of hydrogen-bond donors (Lipinski definition) is 0. The minimum Gasteiger partial charge on any atom is -0.419 e. The van der Waals surface area contributed by atoms with Crippen LogP contribution < -0.4 is 0 Å². The number of nitrogens with zero attached hydrogens (tertiary/aromatic N) is 4. The molecule has 2 heterocycles. The Bertz CT molecular complexity index is 857. The van der Waals surface area contributed by atoms with E-state index in [2.05, 4.69) is 67.1 Å². The summed E-state index contributed by atoms with van der Waals surface area (Å²) in [4.78, 5) is 4.91. The van der Waals surface area contributed by atoms with Crippen LogP contribution in [0.4, 0.5) is 0 Å². The van der Waals surface area contributed by atoms with Crippen molar-refractivity contribution in [2.45, 2.75) is 13.0 Å². The molecule has 0 unspecified atom stereocenters. The summed E-state index contributed by atoms with van der Waals surface area (Å²) < 4.78 is 7.20. The smallest absolute Gasteiger partial charge is 0.247 e. The molecule has 1 aromatic heterocycles. The lowest BCUT2D eigenvalue weighted by Crippen LogP contribution is -2.47. The fraction of sp³-hybridized carbons (Fsp3) is 0.333. The Morgan fingerprint density at radius 3 is 2.33 bits per heavy atom. The van der Waals surface area contributed by atoms with Gasteiger partial charge in [0.25, 0.3) is 0 Å². The van der Waals surface area contributed by atoms with Gasteiger partial charge in [-0.05, 0) is 36.4 Å². The molecule has 1 aliphatic rings. The molecule has 27 heavy (non-hydrogen) atoms. The molecule has 4 rings (SSSR count). The summed E-state index contributed by atoms with van der Waals surface area (Å²) >= 11 is 3.53. The Labute approximate surface area is 168 Å². The van der Waals surface area contributed by atoms with Crippen molar-refractivity contribution in [1.82, 2.24) is 20.0 Å². The first-order chi connectivity index (χ1) is 13.2. The zero-order valence-corrected chi connectivity index (χ0v) is 17.0. The van der Waals surface area contributed by atoms with Gasteiger partial charge in [-0.15, -0.1) is 10.2 Å². The summed E-state index contributed by atoms with van der Waals surface area (Å²) in [5.41, 5.74) is 2.12. The van der Waals surface area contributed by atoms with E-state index in [1.807, 2.05) is 30.3 Å². The monoisotopic (exact) mass is 426 g/mol. The van der Waals surface area contributed by atoms with E-state index in [1.54, 1.807) is 0 Å². The SMILES string of the molecule is CCN1CCN([C@@H](c2ccc(Br)cc2)c2nnc(-c3ccccc3)o2)CC1. The van der Waals surface area contributed by atoms with Crippen molar-refractivity contribution in [3.63, 3.8) is 0 Å². The molecular weight excluding hydrogens is 404 g/mol. The van der Waals surface area contributed by atoms with Crippen LogP contribution in [0.2, 0.25) is 0 Å². The van der Waals surface area contributed by atoms with Crippen molar-refractivity contribution in [1.29, 1.82) is 0 Å². The van der Waals surface area contributed by atoms with Crippen LogP contribution in [0, 0.1) is 0 Å². The molecule has 1 saturated heterocycles. The fourth-order valence-electron chi connectivity index (χ4n) is 3.53. The lowest BCUT2D eigenvalue weighted by atomic mass is 10.0. The predicted octanol–water partition coefficient (Wildman–Crippen LogP) is 4.23. The standard InChI is InChI=1S/C21H23BrN4O/c1-2-25-12-14-26(15-13-25)19(16-8-10-18(22)11-9-16)21-24-23-20(27-21)17-6-4-3-5-7-17/h3-11,19H,2,12-15H2,1H3/t19-/m0/s1. The van der Waals surface area contributed by atoms with E-state index < -0.39 is 0 Å². The molecule has 140 valence electrons. The zero-order chi connectivity index (χ0) is 18.6. The van der Waals surface area contributed by atoms with E-state index in [0.717, 1.165) is 42.8 Å². The molecule has 6 heteroatoms. The molecular formula is C21H23BrN4O. The number of halogens is 1. The molecule has 2 aromatic carbocycles. The van der Waals surface area contributed by atoms with E-state index in [1.165, 1.54) is 5.56 Å². The molecule has 5 nitrogen and oxygen atoms in total. The highest BCUT2D eigenvalue weighted by Gasteiger charge is 2.30. The molecule has 1 aliphatic heterocycles. The molecule has 1 fully saturated rings. The lowest BCUT2D eigenvalue weighted by Gasteiger charge is -2.37. The van der Waals surface area contributed by atoms with Gasteiger partial charge in [0.05, 0.1) is 0 Å². The quantitative estimate of drug-likeness (QED) is 0.610. The first kappa shape index (κ1) is 18.3. The van der Waals surface area contributed by atoms with Crippen LogP contribution in [0.25, 0.3) is 11.5 Å². The van der Waals surface area contributed by atoms with Crippen molar-refractivity contribution in [3.8, 4) is 11.5 Å². The summed E-state index contributed by atoms with van der Waals surface area (Å²) in [6, 6.07) is 18.3. The summed E-state index contributed by atoms with van der Waals surface area (Å²) in [5, 5.41) is 8.74. The fourth-order valence-corrected chi connectivity index (χ4v) is 3.80. The molecule has 0 radical (unpaired) electrons. The van der Waals surface area contributed by atoms with Crippen LogP contribution in [0.3, 0.4) is 0 Å². The second-order valence-corrected chi connectivity index (χ2v) is 7.65. The maximum Gasteiger partial charge on any atom is 0.247 e. The molecule has 1 atom stereocenters. The third-order valence-electron chi connectivity index (χ3n) is 5.10. The number of likely N-dealkylation sites (N-methyl/N-ethyl adjacent to an activating group) is 1. The number of aromatic nitrogens is 2. The van der Waals surface area contributed by atoms with Crippen molar-refractivity contribution >= 4 is 15.9 Å². The average Bonchev–Trinajstić information content (AvgIpc) is 3.20. The molecule has 0 bridgehead atoms. The van der Waals surface area contributed by atoms with E-state index in [-0.39, 0.29) is 6.04 Å². The number of piperazine rings is 1. The van der Waals surface area contributed by atoms with Crippen LogP contribution in [0.5, 0.6) is 0 Å². The highest BCUT2D eigenvalue weighted by molar-refractivity contribution is 9.10. The maximum atomic E-state index is 6.13. The van der Waals surface area contributed by atoms with Gasteiger partial charge in [0, 0.05) is 36.2 Å². The van der Waals surface area contributed by atoms with E-state index in [9.17, 15) is 0 Å². The van der Waals surface area contributed by atoms with Crippen LogP contribution >= 0.6 is 15.9 Å². The largest absolute Gasteiger partial charge is 0.419 e. The zero-order valence-electron chi connectivity index (χ0n) is 15.4. The number of benzene rings is 2. The summed E-state index contributed by atoms with van der Waals surface area (Å²) in [5.74, 6) is 1.22. The van der Waals surface area contributed by atoms with Gasteiger partial charge >= 0.3 is 0 Å². The Morgan fingerprint density at radius 2 is 1.67 bits per heavy atom. The highest BCUT2D eigenvalue weighted by atomic mass is 79.9. The topological polar surface area (TPSA) is 45.4 Å². The second-order valence-electron chi connectivity index (χ2n) is 6.74. The van der Waals surface area contributed by atoms with Gasteiger partial charge < -0.3 is 9.32 Å². The second kappa shape index (κ2) is 8.33. The van der Waals surface area contributed by atoms with Gasteiger partial charge in [-0.3, -0.25) is 4.90 Å². The molecule has 0 spiro atoms. The van der Waals surface area contributed by atoms with Crippen molar-refractivity contribution in [2.75, 3.05) is 32.7 Å². The van der Waals surface area contributed by atoms with Crippen LogP contribution in [0.1, 0.15) is 24.4 Å². The highest BCUT2D eigenvalue weighted by Crippen LogP contribution is 2.31. The van der Waals surface area contributed by atoms with Crippen LogP contribution in [0.15, 0.2) is 63.5 Å². The summed E-state index contributed by atoms with van der Waals surface area (Å²) in [6.07, 6.45) is 0. The number of hydrogen-bond acceptors (Lipinski definition) is 5. The normalized spacial score (nSPS) is 17.1. The van der Waals surface area contributed by atoms with Gasteiger partial charge in [0.1, 0.15) is 6.04 Å². The summed E-state index contributed by atoms with van der Waals surface area (Å²) in [7, 11) is 0. The summed E-state index contributed by atoms with van der Waals surface area (Å²) in [6.45, 7) is 7.39. The Kier molecular flexibility index (Phi) is 5.66. The van der Waals surface area contributed by atoms with Crippen molar-refractivity contribution in [2.24, 2.45) is 0 Å². The van der Waals surface area contributed by atoms with Crippen molar-refractivity contribution in [3.05, 3.63) is 70.5 Å². The van der Waals surface area contributed by atoms with Gasteiger partial charge in [0.15, 0.2) is 0 Å². The third-order valence-corrected chi connectivity index (χ3v) is 5.63. The minimum absolute atomic E-state index is 0.0259. The first-order valence-corrected chi connectivity index (χ1v) is 10.1. The van der Waals surface area contributed by atoms with Gasteiger partial charge in [-0.1, -0.05) is 53.2 Å². The van der Waals surface area contributed by atoms with Gasteiger partial charge in [-0.25, -0.2) is 0 Å². The van der Waals surface area contributed by atoms with Crippen molar-refractivity contribution < 1.29 is 4.42 Å². The lowest BCUT2D eigenvalue weighted by molar-refractivity contribution is 0.103. The van der Waals surface area contributed by atoms with Gasteiger partial charge in [0.2, 0.25) is 11.8 Å². The molecule has 0 N–H and O–H groups in total. The van der Waals surface area contributed by atoms with E-state index in [0.29, 0.717) is 11.8 Å². The molecule has 0 saturated carbocycles. The average molecular weight is 427 g/mol. The Balaban J connectivity index is 1.66. The molecule has 3 aromatic rings. The Hall–Kier alpha value is -2.02. The number of rotatable bonds is 5. The molecule has 0 aliphatic carbocycles. The molecule has 0 amide bonds. The van der Waals surface area contributed by atoms with E-state index >= 15 is 0 Å². The first-order valence-electron chi connectivity index (χ1n) is 9.35. The van der Waals surface area contributed by atoms with Crippen LogP contribution in [-0.4, -0.2) is 52.7 Å². The Morgan fingerprint density at radius 1 is 0.963 bits per heavy atom. The third kappa shape index (κ3) is 4.13. The minimum atomic E-state index is -0.0259.